The molecule has 2 saturated carbocycles. The molecular formula is C17H29NO3. The third kappa shape index (κ3) is 3.59. The molecule has 4 heteroatoms. The fourth-order valence-corrected chi connectivity index (χ4v) is 4.15. The van der Waals surface area contributed by atoms with E-state index in [-0.39, 0.29) is 24.5 Å². The number of rotatable bonds is 5. The molecule has 1 saturated heterocycles. The van der Waals surface area contributed by atoms with Crippen LogP contribution in [0.5, 0.6) is 0 Å². The van der Waals surface area contributed by atoms with Crippen molar-refractivity contribution in [3.63, 3.8) is 0 Å². The highest BCUT2D eigenvalue weighted by molar-refractivity contribution is 5.78. The number of ether oxygens (including phenoxy) is 1. The molecule has 0 unspecified atom stereocenters. The zero-order chi connectivity index (χ0) is 14.9. The van der Waals surface area contributed by atoms with Gasteiger partial charge in [0, 0.05) is 18.5 Å². The molecule has 120 valence electrons. The van der Waals surface area contributed by atoms with Gasteiger partial charge >= 0.3 is 0 Å². The van der Waals surface area contributed by atoms with Crippen LogP contribution in [0.1, 0.15) is 58.3 Å². The van der Waals surface area contributed by atoms with Crippen molar-refractivity contribution in [2.24, 2.45) is 11.8 Å². The van der Waals surface area contributed by atoms with Gasteiger partial charge in [0.15, 0.2) is 0 Å². The monoisotopic (exact) mass is 295 g/mol. The number of hydrogen-bond acceptors (Lipinski definition) is 3. The first kappa shape index (κ1) is 15.3. The Morgan fingerprint density at radius 3 is 2.76 bits per heavy atom. The van der Waals surface area contributed by atoms with Crippen molar-refractivity contribution in [1.82, 2.24) is 4.90 Å². The Morgan fingerprint density at radius 2 is 2.05 bits per heavy atom. The topological polar surface area (TPSA) is 49.8 Å². The average Bonchev–Trinajstić information content (AvgIpc) is 3.13. The van der Waals surface area contributed by atoms with Crippen LogP contribution < -0.4 is 0 Å². The van der Waals surface area contributed by atoms with Gasteiger partial charge in [0.25, 0.3) is 0 Å². The Bertz CT molecular complexity index is 378. The minimum Gasteiger partial charge on any atom is -0.390 e. The number of amides is 1. The summed E-state index contributed by atoms with van der Waals surface area (Å²) in [7, 11) is 0. The van der Waals surface area contributed by atoms with Crippen molar-refractivity contribution in [3.05, 3.63) is 0 Å². The quantitative estimate of drug-likeness (QED) is 0.847. The van der Waals surface area contributed by atoms with Crippen LogP contribution in [0.25, 0.3) is 0 Å². The first-order valence-electron chi connectivity index (χ1n) is 8.67. The maximum Gasteiger partial charge on any atom is 0.248 e. The van der Waals surface area contributed by atoms with Crippen LogP contribution in [0.15, 0.2) is 0 Å². The molecule has 3 atom stereocenters. The molecule has 21 heavy (non-hydrogen) atoms. The van der Waals surface area contributed by atoms with Crippen molar-refractivity contribution in [2.45, 2.75) is 69.9 Å². The summed E-state index contributed by atoms with van der Waals surface area (Å²) in [5.41, 5.74) is -0.610. The molecule has 0 aromatic rings. The minimum atomic E-state index is -0.610. The summed E-state index contributed by atoms with van der Waals surface area (Å²) in [5, 5.41) is 10.7. The molecule has 4 nitrogen and oxygen atoms in total. The second kappa shape index (κ2) is 6.25. The molecule has 0 radical (unpaired) electrons. The van der Waals surface area contributed by atoms with Gasteiger partial charge in [0.05, 0.1) is 12.2 Å². The van der Waals surface area contributed by atoms with Gasteiger partial charge in [-0.1, -0.05) is 12.8 Å². The van der Waals surface area contributed by atoms with Gasteiger partial charge in [-0.2, -0.15) is 0 Å². The normalized spacial score (nSPS) is 37.0. The SMILES string of the molecule is C[C@]1(O)CCCC[C@H]1[C@@H]1CCCN1C(=O)COCC1CC1. The zero-order valence-corrected chi connectivity index (χ0v) is 13.2. The number of carbonyl (C=O) groups excluding carboxylic acids is 1. The summed E-state index contributed by atoms with van der Waals surface area (Å²) in [6.45, 7) is 3.76. The highest BCUT2D eigenvalue weighted by atomic mass is 16.5. The molecule has 3 aliphatic rings. The van der Waals surface area contributed by atoms with E-state index < -0.39 is 5.60 Å². The lowest BCUT2D eigenvalue weighted by molar-refractivity contribution is -0.141. The highest BCUT2D eigenvalue weighted by Crippen LogP contribution is 2.40. The van der Waals surface area contributed by atoms with Crippen molar-refractivity contribution >= 4 is 5.91 Å². The number of aliphatic hydroxyl groups is 1. The summed E-state index contributed by atoms with van der Waals surface area (Å²) in [6.07, 6.45) is 8.81. The van der Waals surface area contributed by atoms with Gasteiger partial charge < -0.3 is 14.7 Å². The van der Waals surface area contributed by atoms with Crippen LogP contribution in [0.4, 0.5) is 0 Å². The molecule has 3 rings (SSSR count). The Labute approximate surface area is 127 Å². The molecule has 1 heterocycles. The lowest BCUT2D eigenvalue weighted by Gasteiger charge is -2.43. The van der Waals surface area contributed by atoms with E-state index in [9.17, 15) is 9.90 Å². The Kier molecular flexibility index (Phi) is 4.55. The Hall–Kier alpha value is -0.610. The fourth-order valence-electron chi connectivity index (χ4n) is 4.15. The van der Waals surface area contributed by atoms with E-state index in [1.54, 1.807) is 0 Å². The van der Waals surface area contributed by atoms with Gasteiger partial charge in [0.2, 0.25) is 5.91 Å². The Morgan fingerprint density at radius 1 is 1.24 bits per heavy atom. The van der Waals surface area contributed by atoms with Crippen LogP contribution in [-0.2, 0) is 9.53 Å². The minimum absolute atomic E-state index is 0.125. The third-order valence-electron chi connectivity index (χ3n) is 5.61. The predicted octanol–water partition coefficient (Wildman–Crippen LogP) is 2.35. The molecule has 2 aliphatic carbocycles. The molecule has 0 bridgehead atoms. The summed E-state index contributed by atoms with van der Waals surface area (Å²) < 4.78 is 5.57. The maximum absolute atomic E-state index is 12.4. The highest BCUT2D eigenvalue weighted by Gasteiger charge is 2.44. The number of hydrogen-bond donors (Lipinski definition) is 1. The lowest BCUT2D eigenvalue weighted by atomic mass is 9.72. The maximum atomic E-state index is 12.4. The van der Waals surface area contributed by atoms with Crippen LogP contribution in [0.2, 0.25) is 0 Å². The predicted molar refractivity (Wildman–Crippen MR) is 80.9 cm³/mol. The van der Waals surface area contributed by atoms with E-state index in [1.807, 2.05) is 11.8 Å². The van der Waals surface area contributed by atoms with Gasteiger partial charge in [-0.05, 0) is 51.4 Å². The standard InChI is InChI=1S/C17H29NO3/c1-17(20)9-3-2-5-14(17)15-6-4-10-18(15)16(19)12-21-11-13-7-8-13/h13-15,20H,2-12H2,1H3/t14-,15-,17-/m0/s1. The van der Waals surface area contributed by atoms with E-state index in [2.05, 4.69) is 0 Å². The van der Waals surface area contributed by atoms with E-state index in [0.717, 1.165) is 45.3 Å². The van der Waals surface area contributed by atoms with Crippen LogP contribution in [0, 0.1) is 11.8 Å². The van der Waals surface area contributed by atoms with Gasteiger partial charge in [-0.3, -0.25) is 4.79 Å². The van der Waals surface area contributed by atoms with E-state index in [4.69, 9.17) is 4.74 Å². The van der Waals surface area contributed by atoms with Crippen molar-refractivity contribution < 1.29 is 14.6 Å². The van der Waals surface area contributed by atoms with E-state index in [1.165, 1.54) is 19.3 Å². The van der Waals surface area contributed by atoms with Crippen molar-refractivity contribution in [1.29, 1.82) is 0 Å². The first-order chi connectivity index (χ1) is 10.1. The van der Waals surface area contributed by atoms with Gasteiger partial charge in [-0.25, -0.2) is 0 Å². The summed E-state index contributed by atoms with van der Waals surface area (Å²) in [5.74, 6) is 1.06. The smallest absolute Gasteiger partial charge is 0.248 e. The third-order valence-corrected chi connectivity index (χ3v) is 5.61. The number of likely N-dealkylation sites (tertiary alicyclic amines) is 1. The Balaban J connectivity index is 1.57. The van der Waals surface area contributed by atoms with E-state index >= 15 is 0 Å². The summed E-state index contributed by atoms with van der Waals surface area (Å²) in [4.78, 5) is 14.4. The molecular weight excluding hydrogens is 266 g/mol. The second-order valence-electron chi connectivity index (χ2n) is 7.46. The molecule has 0 aromatic carbocycles. The fraction of sp³-hybridized carbons (Fsp3) is 0.941. The molecule has 1 amide bonds. The molecule has 3 fully saturated rings. The van der Waals surface area contributed by atoms with Gasteiger partial charge in [-0.15, -0.1) is 0 Å². The van der Waals surface area contributed by atoms with E-state index in [0.29, 0.717) is 5.92 Å². The molecule has 0 aromatic heterocycles. The lowest BCUT2D eigenvalue weighted by Crippen LogP contribution is -2.51. The van der Waals surface area contributed by atoms with Gasteiger partial charge in [0.1, 0.15) is 6.61 Å². The largest absolute Gasteiger partial charge is 0.390 e. The zero-order valence-electron chi connectivity index (χ0n) is 13.2. The van der Waals surface area contributed by atoms with Crippen LogP contribution in [0.3, 0.4) is 0 Å². The molecule has 1 aliphatic heterocycles. The van der Waals surface area contributed by atoms with Crippen molar-refractivity contribution in [3.8, 4) is 0 Å². The second-order valence-corrected chi connectivity index (χ2v) is 7.46. The number of nitrogens with zero attached hydrogens (tertiary/aromatic N) is 1. The summed E-state index contributed by atoms with van der Waals surface area (Å²) >= 11 is 0. The molecule has 0 spiro atoms. The van der Waals surface area contributed by atoms with Crippen LogP contribution >= 0.6 is 0 Å². The molecule has 1 N–H and O–H groups in total. The number of carbonyl (C=O) groups is 1. The summed E-state index contributed by atoms with van der Waals surface area (Å²) in [6, 6.07) is 0.220. The first-order valence-corrected chi connectivity index (χ1v) is 8.67. The van der Waals surface area contributed by atoms with Crippen LogP contribution in [-0.4, -0.2) is 47.3 Å². The van der Waals surface area contributed by atoms with Crippen molar-refractivity contribution in [2.75, 3.05) is 19.8 Å². The average molecular weight is 295 g/mol.